The molecule has 0 spiro atoms. The number of hydrogen-bond acceptors (Lipinski definition) is 6. The minimum Gasteiger partial charge on any atom is -0.465 e. The number of thiophene rings is 1. The Labute approximate surface area is 194 Å². The van der Waals surface area contributed by atoms with Gasteiger partial charge in [0.2, 0.25) is 5.91 Å². The maximum Gasteiger partial charge on any atom is 0.337 e. The van der Waals surface area contributed by atoms with Gasteiger partial charge in [-0.15, -0.1) is 0 Å². The smallest absolute Gasteiger partial charge is 0.337 e. The molecule has 0 fully saturated rings. The zero-order valence-electron chi connectivity index (χ0n) is 17.8. The average molecular weight is 460 g/mol. The van der Waals surface area contributed by atoms with Gasteiger partial charge in [-0.1, -0.05) is 6.07 Å². The van der Waals surface area contributed by atoms with E-state index in [1.807, 2.05) is 29.0 Å². The first-order valence-electron chi connectivity index (χ1n) is 10.2. The Morgan fingerprint density at radius 1 is 1.00 bits per heavy atom. The number of esters is 1. The number of anilines is 1. The van der Waals surface area contributed by atoms with Crippen molar-refractivity contribution in [2.75, 3.05) is 12.4 Å². The first kappa shape index (κ1) is 22.2. The molecule has 33 heavy (non-hydrogen) atoms. The monoisotopic (exact) mass is 459 g/mol. The Morgan fingerprint density at radius 2 is 1.88 bits per heavy atom. The number of amides is 2. The van der Waals surface area contributed by atoms with Crippen LogP contribution in [0, 0.1) is 0 Å². The molecule has 0 aliphatic carbocycles. The lowest BCUT2D eigenvalue weighted by molar-refractivity contribution is -0.115. The van der Waals surface area contributed by atoms with Crippen LogP contribution < -0.4 is 10.6 Å². The van der Waals surface area contributed by atoms with Crippen LogP contribution in [0.5, 0.6) is 0 Å². The van der Waals surface area contributed by atoms with E-state index in [0.717, 1.165) is 16.5 Å². The number of carbonyl (C=O) groups excluding carboxylic acids is 3. The molecule has 2 aromatic carbocycles. The van der Waals surface area contributed by atoms with Crippen molar-refractivity contribution in [2.24, 2.45) is 0 Å². The van der Waals surface area contributed by atoms with Gasteiger partial charge in [0.15, 0.2) is 0 Å². The summed E-state index contributed by atoms with van der Waals surface area (Å²) < 4.78 is 4.83. The molecule has 0 radical (unpaired) electrons. The third-order valence-corrected chi connectivity index (χ3v) is 5.69. The fourth-order valence-electron chi connectivity index (χ4n) is 3.39. The van der Waals surface area contributed by atoms with Crippen LogP contribution in [0.25, 0.3) is 10.9 Å². The average Bonchev–Trinajstić information content (AvgIpc) is 3.34. The molecule has 0 unspecified atom stereocenters. The molecule has 2 aromatic heterocycles. The zero-order chi connectivity index (χ0) is 23.2. The molecule has 166 valence electrons. The van der Waals surface area contributed by atoms with Gasteiger partial charge in [-0.3, -0.25) is 14.6 Å². The van der Waals surface area contributed by atoms with Crippen LogP contribution in [-0.4, -0.2) is 29.9 Å². The summed E-state index contributed by atoms with van der Waals surface area (Å²) in [6.07, 6.45) is 1.93. The van der Waals surface area contributed by atoms with Gasteiger partial charge in [-0.2, -0.15) is 11.3 Å². The van der Waals surface area contributed by atoms with E-state index in [4.69, 9.17) is 4.74 Å². The number of hydrogen-bond donors (Lipinski definition) is 2. The Hall–Kier alpha value is -4.04. The van der Waals surface area contributed by atoms with E-state index in [1.165, 1.54) is 18.4 Å². The third-order valence-electron chi connectivity index (χ3n) is 4.96. The van der Waals surface area contributed by atoms with E-state index < -0.39 is 5.97 Å². The van der Waals surface area contributed by atoms with Crippen LogP contribution in [0.1, 0.15) is 31.8 Å². The van der Waals surface area contributed by atoms with Crippen molar-refractivity contribution >= 4 is 45.7 Å². The molecule has 0 aliphatic heterocycles. The Balaban J connectivity index is 1.49. The lowest BCUT2D eigenvalue weighted by Crippen LogP contribution is -2.23. The zero-order valence-corrected chi connectivity index (χ0v) is 18.6. The van der Waals surface area contributed by atoms with Crippen molar-refractivity contribution in [3.63, 3.8) is 0 Å². The van der Waals surface area contributed by atoms with Crippen LogP contribution in [0.3, 0.4) is 0 Å². The summed E-state index contributed by atoms with van der Waals surface area (Å²) in [5.41, 5.74) is 3.62. The highest BCUT2D eigenvalue weighted by atomic mass is 32.1. The molecular weight excluding hydrogens is 438 g/mol. The highest BCUT2D eigenvalue weighted by Gasteiger charge is 2.13. The lowest BCUT2D eigenvalue weighted by atomic mass is 10.1. The van der Waals surface area contributed by atoms with E-state index in [-0.39, 0.29) is 30.3 Å². The highest BCUT2D eigenvalue weighted by molar-refractivity contribution is 7.08. The van der Waals surface area contributed by atoms with Gasteiger partial charge in [0.1, 0.15) is 0 Å². The minimum absolute atomic E-state index is 0.169. The second-order valence-corrected chi connectivity index (χ2v) is 8.14. The summed E-state index contributed by atoms with van der Waals surface area (Å²) in [4.78, 5) is 41.5. The molecule has 7 nitrogen and oxygen atoms in total. The van der Waals surface area contributed by atoms with Crippen LogP contribution in [0.4, 0.5) is 5.69 Å². The van der Waals surface area contributed by atoms with E-state index in [1.54, 1.807) is 42.6 Å². The second-order valence-electron chi connectivity index (χ2n) is 7.36. The topological polar surface area (TPSA) is 97.4 Å². The van der Waals surface area contributed by atoms with Crippen molar-refractivity contribution in [3.8, 4) is 0 Å². The Morgan fingerprint density at radius 3 is 2.67 bits per heavy atom. The van der Waals surface area contributed by atoms with Crippen molar-refractivity contribution in [2.45, 2.75) is 13.0 Å². The second kappa shape index (κ2) is 10.1. The summed E-state index contributed by atoms with van der Waals surface area (Å²) in [5, 5.41) is 10.4. The maximum atomic E-state index is 12.7. The predicted molar refractivity (Wildman–Crippen MR) is 127 cm³/mol. The lowest BCUT2D eigenvalue weighted by Gasteiger charge is -2.11. The fraction of sp³-hybridized carbons (Fsp3) is 0.120. The van der Waals surface area contributed by atoms with Crippen molar-refractivity contribution in [3.05, 3.63) is 93.8 Å². The number of nitrogens with zero attached hydrogens (tertiary/aromatic N) is 1. The molecule has 0 saturated heterocycles. The van der Waals surface area contributed by atoms with Gasteiger partial charge in [-0.25, -0.2) is 4.79 Å². The van der Waals surface area contributed by atoms with Gasteiger partial charge in [0.25, 0.3) is 5.91 Å². The van der Waals surface area contributed by atoms with Crippen molar-refractivity contribution in [1.82, 2.24) is 10.3 Å². The van der Waals surface area contributed by atoms with Crippen molar-refractivity contribution < 1.29 is 19.1 Å². The molecule has 0 saturated carbocycles. The molecular formula is C25H21N3O4S. The number of fused-ring (bicyclic) bond motifs is 1. The minimum atomic E-state index is -0.529. The van der Waals surface area contributed by atoms with Gasteiger partial charge in [0.05, 0.1) is 24.6 Å². The number of pyridine rings is 1. The normalized spacial score (nSPS) is 10.6. The summed E-state index contributed by atoms with van der Waals surface area (Å²) >= 11 is 1.52. The Kier molecular flexibility index (Phi) is 6.75. The highest BCUT2D eigenvalue weighted by Crippen LogP contribution is 2.18. The quantitative estimate of drug-likeness (QED) is 0.404. The first-order chi connectivity index (χ1) is 16.0. The number of nitrogens with one attached hydrogen (secondary N) is 2. The summed E-state index contributed by atoms with van der Waals surface area (Å²) in [6, 6.07) is 15.8. The molecule has 0 bridgehead atoms. The number of benzene rings is 2. The van der Waals surface area contributed by atoms with E-state index in [0.29, 0.717) is 16.8 Å². The van der Waals surface area contributed by atoms with E-state index in [2.05, 4.69) is 15.6 Å². The maximum absolute atomic E-state index is 12.7. The summed E-state index contributed by atoms with van der Waals surface area (Å²) in [7, 11) is 1.29. The predicted octanol–water partition coefficient (Wildman–Crippen LogP) is 4.19. The standard InChI is InChI=1S/C25H21N3O4S/c1-32-25(31)20-9-17(10-21(13-20)28-23(29)11-16-6-8-33-15-16)14-27-24(30)19-4-5-22-18(12-19)3-2-7-26-22/h2-10,12-13,15H,11,14H2,1H3,(H,27,30)(H,28,29). The third kappa shape index (κ3) is 5.61. The molecule has 0 atom stereocenters. The largest absolute Gasteiger partial charge is 0.465 e. The summed E-state index contributed by atoms with van der Waals surface area (Å²) in [6.45, 7) is 0.169. The van der Waals surface area contributed by atoms with E-state index >= 15 is 0 Å². The van der Waals surface area contributed by atoms with Gasteiger partial charge in [0, 0.05) is 29.4 Å². The van der Waals surface area contributed by atoms with Crippen LogP contribution in [0.2, 0.25) is 0 Å². The van der Waals surface area contributed by atoms with Crippen LogP contribution in [-0.2, 0) is 22.5 Å². The SMILES string of the molecule is COC(=O)c1cc(CNC(=O)c2ccc3ncccc3c2)cc(NC(=O)Cc2ccsc2)c1. The summed E-state index contributed by atoms with van der Waals surface area (Å²) in [5.74, 6) is -0.985. The van der Waals surface area contributed by atoms with Gasteiger partial charge >= 0.3 is 5.97 Å². The first-order valence-corrected chi connectivity index (χ1v) is 11.1. The van der Waals surface area contributed by atoms with Crippen LogP contribution >= 0.6 is 11.3 Å². The number of ether oxygens (including phenoxy) is 1. The number of methoxy groups -OCH3 is 1. The van der Waals surface area contributed by atoms with Crippen molar-refractivity contribution in [1.29, 1.82) is 0 Å². The van der Waals surface area contributed by atoms with Gasteiger partial charge in [-0.05, 0) is 70.4 Å². The number of carbonyl (C=O) groups is 3. The molecule has 2 heterocycles. The molecule has 0 aliphatic rings. The fourth-order valence-corrected chi connectivity index (χ4v) is 4.06. The Bertz CT molecular complexity index is 1320. The van der Waals surface area contributed by atoms with E-state index in [9.17, 15) is 14.4 Å². The van der Waals surface area contributed by atoms with Gasteiger partial charge < -0.3 is 15.4 Å². The molecule has 4 aromatic rings. The molecule has 8 heteroatoms. The van der Waals surface area contributed by atoms with Crippen LogP contribution in [0.15, 0.2) is 71.6 Å². The molecule has 4 rings (SSSR count). The molecule has 2 N–H and O–H groups in total. The number of aromatic nitrogens is 1. The molecule has 2 amide bonds. The number of rotatable bonds is 7.